The zero-order valence-corrected chi connectivity index (χ0v) is 15.2. The van der Waals surface area contributed by atoms with E-state index < -0.39 is 0 Å². The van der Waals surface area contributed by atoms with Gasteiger partial charge in [0.1, 0.15) is 11.5 Å². The maximum atomic E-state index is 10.4. The fourth-order valence-corrected chi connectivity index (χ4v) is 2.88. The van der Waals surface area contributed by atoms with Gasteiger partial charge in [-0.05, 0) is 48.0 Å². The van der Waals surface area contributed by atoms with Crippen LogP contribution in [0.2, 0.25) is 0 Å². The van der Waals surface area contributed by atoms with Crippen LogP contribution in [0.4, 0.5) is 0 Å². The first kappa shape index (κ1) is 18.3. The van der Waals surface area contributed by atoms with Crippen LogP contribution in [0, 0.1) is 0 Å². The van der Waals surface area contributed by atoms with Gasteiger partial charge >= 0.3 is 0 Å². The van der Waals surface area contributed by atoms with E-state index in [0.717, 1.165) is 11.8 Å². The molecule has 0 aliphatic rings. The molecule has 0 fully saturated rings. The summed E-state index contributed by atoms with van der Waals surface area (Å²) in [5.74, 6) is 1.98. The Morgan fingerprint density at radius 3 is 2.19 bits per heavy atom. The van der Waals surface area contributed by atoms with E-state index in [1.807, 2.05) is 6.07 Å². The molecular weight excluding hydrogens is 348 g/mol. The zero-order chi connectivity index (χ0) is 19.4. The summed E-state index contributed by atoms with van der Waals surface area (Å²) >= 11 is 0. The number of furan rings is 1. The second kappa shape index (κ2) is 7.78. The van der Waals surface area contributed by atoms with Gasteiger partial charge in [0.15, 0.2) is 11.5 Å². The van der Waals surface area contributed by atoms with Gasteiger partial charge in [-0.1, -0.05) is 0 Å². The van der Waals surface area contributed by atoms with Crippen LogP contribution in [0.15, 0.2) is 59.4 Å². The van der Waals surface area contributed by atoms with Crippen molar-refractivity contribution in [2.75, 3.05) is 21.3 Å². The van der Waals surface area contributed by atoms with Crippen molar-refractivity contribution in [1.29, 1.82) is 0 Å². The molecule has 27 heavy (non-hydrogen) atoms. The SMILES string of the molecule is COc1cc(/C(=C\O)c2cc(-c3ccco3)ccc2O)cc(OC)c1OC. The van der Waals surface area contributed by atoms with Gasteiger partial charge in [0, 0.05) is 16.7 Å². The number of aliphatic hydroxyl groups excluding tert-OH is 1. The molecular formula is C21H20O6. The first-order valence-corrected chi connectivity index (χ1v) is 8.15. The number of benzene rings is 2. The van der Waals surface area contributed by atoms with Crippen LogP contribution in [-0.4, -0.2) is 31.5 Å². The van der Waals surface area contributed by atoms with Crippen molar-refractivity contribution in [3.63, 3.8) is 0 Å². The molecule has 2 N–H and O–H groups in total. The fraction of sp³-hybridized carbons (Fsp3) is 0.143. The van der Waals surface area contributed by atoms with Crippen molar-refractivity contribution in [2.24, 2.45) is 0 Å². The molecule has 0 amide bonds. The quantitative estimate of drug-likeness (QED) is 0.618. The van der Waals surface area contributed by atoms with Gasteiger partial charge in [0.2, 0.25) is 5.75 Å². The predicted molar refractivity (Wildman–Crippen MR) is 102 cm³/mol. The molecule has 0 saturated carbocycles. The summed E-state index contributed by atoms with van der Waals surface area (Å²) in [6.07, 6.45) is 2.51. The number of aliphatic hydroxyl groups is 1. The van der Waals surface area contributed by atoms with Gasteiger partial charge in [-0.15, -0.1) is 0 Å². The molecule has 0 spiro atoms. The van der Waals surface area contributed by atoms with Gasteiger partial charge in [-0.25, -0.2) is 0 Å². The third kappa shape index (κ3) is 3.42. The van der Waals surface area contributed by atoms with Gasteiger partial charge in [-0.2, -0.15) is 0 Å². The molecule has 1 heterocycles. The summed E-state index contributed by atoms with van der Waals surface area (Å²) in [5, 5.41) is 20.3. The normalized spacial score (nSPS) is 11.3. The van der Waals surface area contributed by atoms with Crippen molar-refractivity contribution in [1.82, 2.24) is 0 Å². The molecule has 6 nitrogen and oxygen atoms in total. The van der Waals surface area contributed by atoms with Crippen molar-refractivity contribution in [2.45, 2.75) is 0 Å². The molecule has 0 aliphatic heterocycles. The monoisotopic (exact) mass is 368 g/mol. The molecule has 0 atom stereocenters. The summed E-state index contributed by atoms with van der Waals surface area (Å²) in [6.45, 7) is 0. The molecule has 3 aromatic rings. The Hall–Kier alpha value is -3.54. The van der Waals surface area contributed by atoms with E-state index >= 15 is 0 Å². The number of hydrogen-bond donors (Lipinski definition) is 2. The maximum absolute atomic E-state index is 10.4. The second-order valence-electron chi connectivity index (χ2n) is 5.67. The number of methoxy groups -OCH3 is 3. The summed E-state index contributed by atoms with van der Waals surface area (Å²) in [6, 6.07) is 12.0. The molecule has 0 bridgehead atoms. The van der Waals surface area contributed by atoms with E-state index in [4.69, 9.17) is 18.6 Å². The first-order valence-electron chi connectivity index (χ1n) is 8.15. The summed E-state index contributed by atoms with van der Waals surface area (Å²) < 4.78 is 21.5. The lowest BCUT2D eigenvalue weighted by Gasteiger charge is -2.16. The van der Waals surface area contributed by atoms with Crippen LogP contribution < -0.4 is 14.2 Å². The second-order valence-corrected chi connectivity index (χ2v) is 5.67. The van der Waals surface area contributed by atoms with Crippen LogP contribution in [0.25, 0.3) is 16.9 Å². The zero-order valence-electron chi connectivity index (χ0n) is 15.2. The highest BCUT2D eigenvalue weighted by Gasteiger charge is 2.18. The van der Waals surface area contributed by atoms with E-state index in [9.17, 15) is 10.2 Å². The number of aromatic hydroxyl groups is 1. The average molecular weight is 368 g/mol. The third-order valence-corrected chi connectivity index (χ3v) is 4.20. The van der Waals surface area contributed by atoms with Gasteiger partial charge in [0.05, 0.1) is 33.9 Å². The summed E-state index contributed by atoms with van der Waals surface area (Å²) in [5.41, 5.74) is 2.17. The minimum absolute atomic E-state index is 0.0133. The standard InChI is InChI=1S/C21H20O6/c1-24-19-10-14(11-20(25-2)21(19)26-3)16(12-22)15-9-13(6-7-17(15)23)18-5-4-8-27-18/h4-12,22-23H,1-3H3/b16-12+. The Bertz CT molecular complexity index is 932. The number of rotatable bonds is 6. The molecule has 2 aromatic carbocycles. The molecule has 0 saturated heterocycles. The van der Waals surface area contributed by atoms with E-state index in [0.29, 0.717) is 39.7 Å². The minimum Gasteiger partial charge on any atom is -0.515 e. The molecule has 6 heteroatoms. The minimum atomic E-state index is 0.0133. The lowest BCUT2D eigenvalue weighted by molar-refractivity contribution is 0.324. The van der Waals surface area contributed by atoms with Crippen molar-refractivity contribution in [3.8, 4) is 34.3 Å². The molecule has 3 rings (SSSR count). The van der Waals surface area contributed by atoms with E-state index in [1.165, 1.54) is 21.3 Å². The highest BCUT2D eigenvalue weighted by molar-refractivity contribution is 5.85. The molecule has 1 aromatic heterocycles. The molecule has 140 valence electrons. The number of phenols is 1. The van der Waals surface area contributed by atoms with Crippen LogP contribution >= 0.6 is 0 Å². The Balaban J connectivity index is 2.15. The highest BCUT2D eigenvalue weighted by atomic mass is 16.5. The molecule has 0 radical (unpaired) electrons. The van der Waals surface area contributed by atoms with Crippen molar-refractivity contribution >= 4 is 5.57 Å². The van der Waals surface area contributed by atoms with Gasteiger partial charge in [-0.3, -0.25) is 0 Å². The third-order valence-electron chi connectivity index (χ3n) is 4.20. The van der Waals surface area contributed by atoms with Crippen LogP contribution in [-0.2, 0) is 0 Å². The topological polar surface area (TPSA) is 81.3 Å². The summed E-state index contributed by atoms with van der Waals surface area (Å²) in [4.78, 5) is 0. The summed E-state index contributed by atoms with van der Waals surface area (Å²) in [7, 11) is 4.54. The van der Waals surface area contributed by atoms with Crippen molar-refractivity contribution in [3.05, 3.63) is 66.1 Å². The molecule has 0 unspecified atom stereocenters. The Labute approximate surface area is 156 Å². The first-order chi connectivity index (χ1) is 13.1. The van der Waals surface area contributed by atoms with Gasteiger partial charge in [0.25, 0.3) is 0 Å². The lowest BCUT2D eigenvalue weighted by Crippen LogP contribution is -1.98. The molecule has 0 aliphatic carbocycles. The largest absolute Gasteiger partial charge is 0.515 e. The maximum Gasteiger partial charge on any atom is 0.203 e. The predicted octanol–water partition coefficient (Wildman–Crippen LogP) is 4.63. The highest BCUT2D eigenvalue weighted by Crippen LogP contribution is 2.42. The Morgan fingerprint density at radius 1 is 0.963 bits per heavy atom. The van der Waals surface area contributed by atoms with Crippen LogP contribution in [0.5, 0.6) is 23.0 Å². The Kier molecular flexibility index (Phi) is 5.26. The number of hydrogen-bond acceptors (Lipinski definition) is 6. The van der Waals surface area contributed by atoms with Gasteiger partial charge < -0.3 is 28.8 Å². The lowest BCUT2D eigenvalue weighted by atomic mass is 9.95. The van der Waals surface area contributed by atoms with E-state index in [-0.39, 0.29) is 5.75 Å². The van der Waals surface area contributed by atoms with E-state index in [2.05, 4.69) is 0 Å². The number of phenolic OH excluding ortho intramolecular Hbond substituents is 1. The smallest absolute Gasteiger partial charge is 0.203 e. The Morgan fingerprint density at radius 2 is 1.67 bits per heavy atom. The fourth-order valence-electron chi connectivity index (χ4n) is 2.88. The number of ether oxygens (including phenoxy) is 3. The van der Waals surface area contributed by atoms with E-state index in [1.54, 1.807) is 42.7 Å². The van der Waals surface area contributed by atoms with Crippen LogP contribution in [0.1, 0.15) is 11.1 Å². The average Bonchev–Trinajstić information content (AvgIpc) is 3.23. The van der Waals surface area contributed by atoms with Crippen LogP contribution in [0.3, 0.4) is 0 Å². The van der Waals surface area contributed by atoms with Crippen molar-refractivity contribution < 1.29 is 28.8 Å².